The molecule has 0 spiro atoms. The third-order valence-corrected chi connectivity index (χ3v) is 6.16. The lowest BCUT2D eigenvalue weighted by atomic mass is 9.93. The first-order valence-corrected chi connectivity index (χ1v) is 9.15. The number of nitrogens with two attached hydrogens (primary N) is 1. The maximum atomic E-state index is 12.2. The molecule has 2 aliphatic rings. The number of guanidine groups is 1. The summed E-state index contributed by atoms with van der Waals surface area (Å²) in [5.41, 5.74) is 9.22. The van der Waals surface area contributed by atoms with E-state index in [1.807, 2.05) is 6.92 Å². The minimum atomic E-state index is -0.565. The highest BCUT2D eigenvalue weighted by Gasteiger charge is 2.37. The molecule has 2 aromatic rings. The zero-order valence-electron chi connectivity index (χ0n) is 14.0. The Morgan fingerprint density at radius 2 is 2.08 bits per heavy atom. The average Bonchev–Trinajstić information content (AvgIpc) is 3.29. The van der Waals surface area contributed by atoms with Gasteiger partial charge in [-0.2, -0.15) is 0 Å². The van der Waals surface area contributed by atoms with E-state index in [2.05, 4.69) is 40.7 Å². The smallest absolute Gasteiger partial charge is 0.231 e. The summed E-state index contributed by atoms with van der Waals surface area (Å²) in [6, 6.07) is 11.0. The molecule has 2 heterocycles. The Balaban J connectivity index is 1.67. The molecule has 1 aromatic carbocycles. The van der Waals surface area contributed by atoms with E-state index < -0.39 is 5.54 Å². The molecule has 1 amide bonds. The van der Waals surface area contributed by atoms with Crippen LogP contribution in [0.25, 0.3) is 11.1 Å². The summed E-state index contributed by atoms with van der Waals surface area (Å²) in [5.74, 6) is 1.05. The summed E-state index contributed by atoms with van der Waals surface area (Å²) in [4.78, 5) is 19.3. The SMILES string of the molecule is CN1C(=O)C[C@@](C)(c2cc(-c3cccc(C4CC4)c3)cs2)N=C1N. The fourth-order valence-electron chi connectivity index (χ4n) is 3.21. The van der Waals surface area contributed by atoms with Crippen molar-refractivity contribution in [2.75, 3.05) is 7.05 Å². The Morgan fingerprint density at radius 1 is 1.29 bits per heavy atom. The molecule has 124 valence electrons. The standard InChI is InChI=1S/C19H21N3OS/c1-19(10-17(23)22(2)18(20)21-19)16-9-15(11-24-16)14-5-3-4-13(8-14)12-6-7-12/h3-5,8-9,11-12H,6-7,10H2,1-2H3,(H2,20,21)/t19-/m0/s1. The largest absolute Gasteiger partial charge is 0.369 e. The minimum absolute atomic E-state index is 0.00989. The monoisotopic (exact) mass is 339 g/mol. The van der Waals surface area contributed by atoms with E-state index in [4.69, 9.17) is 5.73 Å². The Bertz CT molecular complexity index is 837. The molecule has 0 bridgehead atoms. The summed E-state index contributed by atoms with van der Waals surface area (Å²) in [6.07, 6.45) is 2.96. The number of carbonyl (C=O) groups excluding carboxylic acids is 1. The molecule has 4 nitrogen and oxygen atoms in total. The molecule has 0 saturated heterocycles. The predicted molar refractivity (Wildman–Crippen MR) is 98.1 cm³/mol. The number of hydrogen-bond acceptors (Lipinski definition) is 4. The molecule has 0 radical (unpaired) electrons. The molecule has 4 rings (SSSR count). The van der Waals surface area contributed by atoms with Crippen LogP contribution in [0.2, 0.25) is 0 Å². The molecule has 5 heteroatoms. The van der Waals surface area contributed by atoms with Crippen molar-refractivity contribution in [2.45, 2.75) is 37.6 Å². The number of rotatable bonds is 3. The lowest BCUT2D eigenvalue weighted by molar-refractivity contribution is -0.128. The van der Waals surface area contributed by atoms with Gasteiger partial charge in [-0.05, 0) is 53.8 Å². The molecule has 1 aromatic heterocycles. The highest BCUT2D eigenvalue weighted by atomic mass is 32.1. The molecule has 0 unspecified atom stereocenters. The van der Waals surface area contributed by atoms with E-state index >= 15 is 0 Å². The van der Waals surface area contributed by atoms with Gasteiger partial charge in [0.2, 0.25) is 5.91 Å². The maximum absolute atomic E-state index is 12.2. The van der Waals surface area contributed by atoms with Crippen molar-refractivity contribution in [3.63, 3.8) is 0 Å². The fourth-order valence-corrected chi connectivity index (χ4v) is 4.23. The van der Waals surface area contributed by atoms with E-state index in [0.717, 1.165) is 10.8 Å². The Labute approximate surface area is 146 Å². The molecule has 1 atom stereocenters. The van der Waals surface area contributed by atoms with Crippen molar-refractivity contribution < 1.29 is 4.79 Å². The van der Waals surface area contributed by atoms with Crippen LogP contribution in [0.15, 0.2) is 40.7 Å². The first-order valence-electron chi connectivity index (χ1n) is 8.27. The van der Waals surface area contributed by atoms with E-state index in [9.17, 15) is 4.79 Å². The van der Waals surface area contributed by atoms with E-state index in [-0.39, 0.29) is 5.91 Å². The number of aliphatic imine (C=N–C) groups is 1. The van der Waals surface area contributed by atoms with E-state index in [1.165, 1.54) is 34.4 Å². The topological polar surface area (TPSA) is 58.7 Å². The van der Waals surface area contributed by atoms with Gasteiger partial charge in [0, 0.05) is 11.9 Å². The lowest BCUT2D eigenvalue weighted by Gasteiger charge is -2.32. The normalized spacial score (nSPS) is 24.2. The molecule has 24 heavy (non-hydrogen) atoms. The van der Waals surface area contributed by atoms with Gasteiger partial charge in [-0.3, -0.25) is 9.69 Å². The first kappa shape index (κ1) is 15.4. The van der Waals surface area contributed by atoms with Crippen LogP contribution in [0.1, 0.15) is 42.5 Å². The molecule has 1 saturated carbocycles. The maximum Gasteiger partial charge on any atom is 0.231 e. The van der Waals surface area contributed by atoms with Gasteiger partial charge >= 0.3 is 0 Å². The quantitative estimate of drug-likeness (QED) is 0.927. The third kappa shape index (κ3) is 2.63. The second-order valence-electron chi connectivity index (χ2n) is 6.97. The number of hydrogen-bond donors (Lipinski definition) is 1. The summed E-state index contributed by atoms with van der Waals surface area (Å²) in [6.45, 7) is 1.99. The number of carbonyl (C=O) groups is 1. The van der Waals surface area contributed by atoms with Crippen molar-refractivity contribution in [2.24, 2.45) is 10.7 Å². The van der Waals surface area contributed by atoms with Gasteiger partial charge in [0.15, 0.2) is 5.96 Å². The first-order chi connectivity index (χ1) is 11.5. The molecular formula is C19H21N3OS. The zero-order valence-corrected chi connectivity index (χ0v) is 14.8. The zero-order chi connectivity index (χ0) is 16.9. The van der Waals surface area contributed by atoms with Crippen LogP contribution in [-0.4, -0.2) is 23.8 Å². The molecular weight excluding hydrogens is 318 g/mol. The van der Waals surface area contributed by atoms with Gasteiger partial charge in [-0.1, -0.05) is 24.3 Å². The predicted octanol–water partition coefficient (Wildman–Crippen LogP) is 3.68. The number of benzene rings is 1. The minimum Gasteiger partial charge on any atom is -0.369 e. The highest BCUT2D eigenvalue weighted by Crippen LogP contribution is 2.42. The van der Waals surface area contributed by atoms with Crippen LogP contribution in [-0.2, 0) is 10.3 Å². The van der Waals surface area contributed by atoms with Crippen molar-refractivity contribution in [3.8, 4) is 11.1 Å². The average molecular weight is 339 g/mol. The van der Waals surface area contributed by atoms with Gasteiger partial charge in [-0.15, -0.1) is 11.3 Å². The summed E-state index contributed by atoms with van der Waals surface area (Å²) < 4.78 is 0. The van der Waals surface area contributed by atoms with Crippen LogP contribution in [0.3, 0.4) is 0 Å². The summed E-state index contributed by atoms with van der Waals surface area (Å²) in [7, 11) is 1.67. The lowest BCUT2D eigenvalue weighted by Crippen LogP contribution is -2.47. The molecule has 1 aliphatic carbocycles. The van der Waals surface area contributed by atoms with Gasteiger partial charge < -0.3 is 5.73 Å². The van der Waals surface area contributed by atoms with Crippen molar-refractivity contribution in [3.05, 3.63) is 46.2 Å². The van der Waals surface area contributed by atoms with Gasteiger partial charge in [0.1, 0.15) is 5.54 Å². The van der Waals surface area contributed by atoms with Crippen LogP contribution in [0, 0.1) is 0 Å². The Hall–Kier alpha value is -2.14. The van der Waals surface area contributed by atoms with Crippen LogP contribution >= 0.6 is 11.3 Å². The summed E-state index contributed by atoms with van der Waals surface area (Å²) >= 11 is 1.65. The van der Waals surface area contributed by atoms with Crippen molar-refractivity contribution in [1.29, 1.82) is 0 Å². The van der Waals surface area contributed by atoms with Crippen LogP contribution in [0.5, 0.6) is 0 Å². The molecule has 2 N–H and O–H groups in total. The van der Waals surface area contributed by atoms with Crippen LogP contribution in [0.4, 0.5) is 0 Å². The molecule has 1 aliphatic heterocycles. The second kappa shape index (κ2) is 5.45. The van der Waals surface area contributed by atoms with Gasteiger partial charge in [0.25, 0.3) is 0 Å². The van der Waals surface area contributed by atoms with Crippen molar-refractivity contribution in [1.82, 2.24) is 4.90 Å². The summed E-state index contributed by atoms with van der Waals surface area (Å²) in [5, 5.41) is 2.15. The fraction of sp³-hybridized carbons (Fsp3) is 0.368. The Kier molecular flexibility index (Phi) is 3.49. The number of nitrogens with zero attached hydrogens (tertiary/aromatic N) is 2. The van der Waals surface area contributed by atoms with Crippen molar-refractivity contribution >= 4 is 23.2 Å². The van der Waals surface area contributed by atoms with Gasteiger partial charge in [0.05, 0.1) is 6.42 Å². The third-order valence-electron chi connectivity index (χ3n) is 4.97. The highest BCUT2D eigenvalue weighted by molar-refractivity contribution is 7.10. The number of thiophene rings is 1. The van der Waals surface area contributed by atoms with E-state index in [0.29, 0.717) is 12.4 Å². The second-order valence-corrected chi connectivity index (χ2v) is 7.88. The Morgan fingerprint density at radius 3 is 2.79 bits per heavy atom. The van der Waals surface area contributed by atoms with Gasteiger partial charge in [-0.25, -0.2) is 4.99 Å². The number of amides is 1. The van der Waals surface area contributed by atoms with Crippen LogP contribution < -0.4 is 5.73 Å². The molecule has 1 fully saturated rings. The van der Waals surface area contributed by atoms with E-state index in [1.54, 1.807) is 18.4 Å².